The van der Waals surface area contributed by atoms with Crippen molar-refractivity contribution in [3.63, 3.8) is 0 Å². The van der Waals surface area contributed by atoms with Crippen molar-refractivity contribution >= 4 is 17.4 Å². The van der Waals surface area contributed by atoms with E-state index >= 15 is 0 Å². The van der Waals surface area contributed by atoms with Crippen LogP contribution in [0.5, 0.6) is 0 Å². The van der Waals surface area contributed by atoms with E-state index < -0.39 is 22.8 Å². The molecule has 2 aromatic rings. The van der Waals surface area contributed by atoms with E-state index in [0.29, 0.717) is 0 Å². The zero-order chi connectivity index (χ0) is 15.0. The number of nitrogens with zero attached hydrogens (tertiary/aromatic N) is 2. The van der Waals surface area contributed by atoms with Gasteiger partial charge in [-0.15, -0.1) is 0 Å². The van der Waals surface area contributed by atoms with Crippen LogP contribution >= 0.6 is 11.6 Å². The van der Waals surface area contributed by atoms with E-state index in [-0.39, 0.29) is 16.1 Å². The molecule has 0 unspecified atom stereocenters. The van der Waals surface area contributed by atoms with Crippen molar-refractivity contribution in [3.05, 3.63) is 67.2 Å². The first kappa shape index (κ1) is 14.2. The third-order valence-corrected chi connectivity index (χ3v) is 3.18. The highest BCUT2D eigenvalue weighted by Gasteiger charge is 2.20. The first-order valence-electron chi connectivity index (χ1n) is 5.60. The zero-order valence-electron chi connectivity index (χ0n) is 10.7. The van der Waals surface area contributed by atoms with E-state index in [9.17, 15) is 18.8 Å². The van der Waals surface area contributed by atoms with Crippen molar-refractivity contribution in [2.24, 2.45) is 14.1 Å². The normalized spacial score (nSPS) is 10.6. The smallest absolute Gasteiger partial charge is 0.303 e. The zero-order valence-corrected chi connectivity index (χ0v) is 11.4. The largest absolute Gasteiger partial charge is 0.330 e. The maximum absolute atomic E-state index is 13.8. The summed E-state index contributed by atoms with van der Waals surface area (Å²) in [5.41, 5.74) is -1.96. The van der Waals surface area contributed by atoms with Gasteiger partial charge >= 0.3 is 5.69 Å². The average molecular weight is 297 g/mol. The predicted octanol–water partition coefficient (Wildman–Crippen LogP) is 1.11. The van der Waals surface area contributed by atoms with Crippen LogP contribution < -0.4 is 11.2 Å². The summed E-state index contributed by atoms with van der Waals surface area (Å²) in [6.07, 6.45) is 1.09. The Morgan fingerprint density at radius 2 is 1.85 bits per heavy atom. The summed E-state index contributed by atoms with van der Waals surface area (Å²) in [6, 6.07) is 3.94. The number of hydrogen-bond donors (Lipinski definition) is 0. The Bertz CT molecular complexity index is 823. The minimum atomic E-state index is -0.893. The lowest BCUT2D eigenvalue weighted by atomic mass is 10.1. The molecule has 0 aliphatic rings. The molecular formula is C13H10ClFN2O3. The van der Waals surface area contributed by atoms with E-state index in [1.807, 2.05) is 0 Å². The van der Waals surface area contributed by atoms with Gasteiger partial charge in [0.2, 0.25) is 5.78 Å². The molecule has 0 atom stereocenters. The molecule has 104 valence electrons. The second-order valence-corrected chi connectivity index (χ2v) is 4.64. The first-order chi connectivity index (χ1) is 9.34. The number of halogens is 2. The van der Waals surface area contributed by atoms with Gasteiger partial charge in [-0.1, -0.05) is 17.7 Å². The maximum Gasteiger partial charge on any atom is 0.330 e. The van der Waals surface area contributed by atoms with Crippen molar-refractivity contribution in [3.8, 4) is 0 Å². The fraction of sp³-hybridized carbons (Fsp3) is 0.154. The fourth-order valence-corrected chi connectivity index (χ4v) is 1.96. The van der Waals surface area contributed by atoms with Crippen molar-refractivity contribution in [1.29, 1.82) is 0 Å². The van der Waals surface area contributed by atoms with E-state index in [2.05, 4.69) is 0 Å². The Hall–Kier alpha value is -2.21. The van der Waals surface area contributed by atoms with E-state index in [4.69, 9.17) is 11.6 Å². The van der Waals surface area contributed by atoms with Crippen LogP contribution in [0.1, 0.15) is 15.9 Å². The highest BCUT2D eigenvalue weighted by atomic mass is 35.5. The number of ketones is 1. The molecule has 0 bridgehead atoms. The Labute approximate surface area is 117 Å². The summed E-state index contributed by atoms with van der Waals surface area (Å²) in [5, 5.41) is -0.211. The van der Waals surface area contributed by atoms with Gasteiger partial charge in [0.05, 0.1) is 10.6 Å². The van der Waals surface area contributed by atoms with E-state index in [1.165, 1.54) is 32.3 Å². The number of rotatable bonds is 2. The van der Waals surface area contributed by atoms with Crippen molar-refractivity contribution in [1.82, 2.24) is 9.13 Å². The van der Waals surface area contributed by atoms with E-state index in [1.54, 1.807) is 0 Å². The molecule has 0 spiro atoms. The van der Waals surface area contributed by atoms with Crippen molar-refractivity contribution in [2.75, 3.05) is 0 Å². The van der Waals surface area contributed by atoms with Crippen LogP contribution in [0, 0.1) is 5.82 Å². The minimum absolute atomic E-state index is 0.211. The van der Waals surface area contributed by atoms with Crippen LogP contribution in [0.25, 0.3) is 0 Å². The van der Waals surface area contributed by atoms with Crippen molar-refractivity contribution < 1.29 is 9.18 Å². The summed E-state index contributed by atoms with van der Waals surface area (Å²) >= 11 is 5.61. The van der Waals surface area contributed by atoms with Gasteiger partial charge in [-0.25, -0.2) is 9.18 Å². The quantitative estimate of drug-likeness (QED) is 0.780. The Balaban J connectivity index is 2.70. The van der Waals surface area contributed by atoms with Gasteiger partial charge in [0.25, 0.3) is 5.56 Å². The molecular weight excluding hydrogens is 287 g/mol. The number of hydrogen-bond acceptors (Lipinski definition) is 3. The molecule has 0 saturated heterocycles. The first-order valence-corrected chi connectivity index (χ1v) is 5.97. The number of aromatic nitrogens is 2. The van der Waals surface area contributed by atoms with Gasteiger partial charge in [-0.3, -0.25) is 14.2 Å². The molecule has 0 radical (unpaired) electrons. The molecule has 0 saturated carbocycles. The fourth-order valence-electron chi connectivity index (χ4n) is 1.79. The lowest BCUT2D eigenvalue weighted by Crippen LogP contribution is -2.39. The SMILES string of the molecule is Cn1cc(C(=O)c2cccc(Cl)c2F)c(=O)n(C)c1=O. The maximum atomic E-state index is 13.8. The lowest BCUT2D eigenvalue weighted by molar-refractivity contribution is 0.103. The molecule has 0 amide bonds. The monoisotopic (exact) mass is 296 g/mol. The molecule has 1 aromatic heterocycles. The summed E-state index contributed by atoms with van der Waals surface area (Å²) in [7, 11) is 2.64. The Morgan fingerprint density at radius 1 is 1.20 bits per heavy atom. The standard InChI is InChI=1S/C13H10ClFN2O3/c1-16-6-8(12(19)17(2)13(16)20)11(18)7-4-3-5-9(14)10(7)15/h3-6H,1-2H3. The van der Waals surface area contributed by atoms with Crippen LogP contribution in [-0.4, -0.2) is 14.9 Å². The Morgan fingerprint density at radius 3 is 2.50 bits per heavy atom. The molecule has 2 rings (SSSR count). The average Bonchev–Trinajstić information content (AvgIpc) is 2.43. The van der Waals surface area contributed by atoms with Crippen LogP contribution in [0.4, 0.5) is 4.39 Å². The third kappa shape index (κ3) is 2.18. The topological polar surface area (TPSA) is 61.1 Å². The molecule has 1 aromatic carbocycles. The number of benzene rings is 1. The molecule has 0 aliphatic carbocycles. The molecule has 0 aliphatic heterocycles. The number of aryl methyl sites for hydroxylation is 1. The summed E-state index contributed by atoms with van der Waals surface area (Å²) in [6.45, 7) is 0. The number of carbonyl (C=O) groups excluding carboxylic acids is 1. The molecule has 5 nitrogen and oxygen atoms in total. The Kier molecular flexibility index (Phi) is 3.59. The second-order valence-electron chi connectivity index (χ2n) is 4.23. The molecule has 1 heterocycles. The van der Waals surface area contributed by atoms with Gasteiger partial charge in [0.15, 0.2) is 5.82 Å². The number of carbonyl (C=O) groups is 1. The van der Waals surface area contributed by atoms with Crippen LogP contribution in [-0.2, 0) is 14.1 Å². The van der Waals surface area contributed by atoms with Crippen LogP contribution in [0.3, 0.4) is 0 Å². The summed E-state index contributed by atoms with van der Waals surface area (Å²) < 4.78 is 15.7. The van der Waals surface area contributed by atoms with E-state index in [0.717, 1.165) is 15.3 Å². The van der Waals surface area contributed by atoms with Gasteiger partial charge < -0.3 is 4.57 Å². The molecule has 0 fully saturated rings. The summed E-state index contributed by atoms with van der Waals surface area (Å²) in [4.78, 5) is 35.7. The van der Waals surface area contributed by atoms with Crippen molar-refractivity contribution in [2.45, 2.75) is 0 Å². The van der Waals surface area contributed by atoms with Gasteiger partial charge in [0.1, 0.15) is 5.56 Å². The van der Waals surface area contributed by atoms with Crippen LogP contribution in [0.15, 0.2) is 34.0 Å². The summed E-state index contributed by atoms with van der Waals surface area (Å²) in [5.74, 6) is -1.71. The van der Waals surface area contributed by atoms with Gasteiger partial charge in [-0.05, 0) is 12.1 Å². The third-order valence-electron chi connectivity index (χ3n) is 2.89. The van der Waals surface area contributed by atoms with Crippen LogP contribution in [0.2, 0.25) is 5.02 Å². The highest BCUT2D eigenvalue weighted by Crippen LogP contribution is 2.19. The molecule has 7 heteroatoms. The molecule has 0 N–H and O–H groups in total. The molecule has 20 heavy (non-hydrogen) atoms. The minimum Gasteiger partial charge on any atom is -0.303 e. The predicted molar refractivity (Wildman–Crippen MR) is 71.8 cm³/mol. The second kappa shape index (κ2) is 5.05. The highest BCUT2D eigenvalue weighted by molar-refractivity contribution is 6.31. The van der Waals surface area contributed by atoms with Gasteiger partial charge in [-0.2, -0.15) is 0 Å². The lowest BCUT2D eigenvalue weighted by Gasteiger charge is -2.07. The van der Waals surface area contributed by atoms with Gasteiger partial charge in [0, 0.05) is 20.3 Å².